The quantitative estimate of drug-likeness (QED) is 0.684. The summed E-state index contributed by atoms with van der Waals surface area (Å²) in [4.78, 5) is 10.3. The van der Waals surface area contributed by atoms with Gasteiger partial charge in [0.2, 0.25) is 0 Å². The maximum Gasteiger partial charge on any atom is 0.303 e. The van der Waals surface area contributed by atoms with Gasteiger partial charge in [-0.2, -0.15) is 0 Å². The maximum absolute atomic E-state index is 13.2. The van der Waals surface area contributed by atoms with Crippen LogP contribution >= 0.6 is 0 Å². The number of carbonyl (C=O) groups is 1. The highest BCUT2D eigenvalue weighted by Gasteiger charge is 2.52. The van der Waals surface area contributed by atoms with E-state index >= 15 is 0 Å². The van der Waals surface area contributed by atoms with Gasteiger partial charge in [0.05, 0.1) is 0 Å². The number of alkyl halides is 2. The molecule has 6 heteroatoms. The van der Waals surface area contributed by atoms with E-state index in [1.54, 1.807) is 0 Å². The number of hydrogen-bond donors (Lipinski definition) is 3. The Kier molecular flexibility index (Phi) is 3.85. The first kappa shape index (κ1) is 13.3. The molecule has 0 aromatic rings. The van der Waals surface area contributed by atoms with Crippen molar-refractivity contribution in [3.63, 3.8) is 0 Å². The number of aliphatic hydroxyl groups excluding tert-OH is 1. The molecule has 0 amide bonds. The molecule has 4 N–H and O–H groups in total. The largest absolute Gasteiger partial charge is 0.481 e. The minimum absolute atomic E-state index is 0.107. The molecule has 0 saturated heterocycles. The Balaban J connectivity index is 2.57. The molecule has 0 aromatic heterocycles. The normalized spacial score (nSPS) is 33.6. The van der Waals surface area contributed by atoms with Gasteiger partial charge in [0.15, 0.2) is 0 Å². The lowest BCUT2D eigenvalue weighted by molar-refractivity contribution is -0.164. The van der Waals surface area contributed by atoms with Gasteiger partial charge in [0.25, 0.3) is 5.92 Å². The third-order valence-electron chi connectivity index (χ3n) is 3.13. The van der Waals surface area contributed by atoms with E-state index in [0.29, 0.717) is 6.42 Å². The molecule has 0 aliphatic heterocycles. The highest BCUT2D eigenvalue weighted by Crippen LogP contribution is 2.40. The van der Waals surface area contributed by atoms with Gasteiger partial charge in [-0.25, -0.2) is 8.78 Å². The molecule has 94 valence electrons. The summed E-state index contributed by atoms with van der Waals surface area (Å²) in [6.45, 7) is 0. The van der Waals surface area contributed by atoms with Crippen LogP contribution < -0.4 is 5.73 Å². The highest BCUT2D eigenvalue weighted by atomic mass is 19.3. The summed E-state index contributed by atoms with van der Waals surface area (Å²) in [6.07, 6.45) is -1.46. The van der Waals surface area contributed by atoms with Crippen molar-refractivity contribution >= 4 is 5.97 Å². The average Bonchev–Trinajstić information content (AvgIpc) is 2.13. The van der Waals surface area contributed by atoms with E-state index in [9.17, 15) is 18.7 Å². The second-order valence-corrected chi connectivity index (χ2v) is 4.50. The van der Waals surface area contributed by atoms with Crippen LogP contribution in [-0.4, -0.2) is 33.7 Å². The van der Waals surface area contributed by atoms with Crippen LogP contribution in [0.15, 0.2) is 0 Å². The van der Waals surface area contributed by atoms with Crippen LogP contribution in [0.1, 0.15) is 38.5 Å². The first-order valence-electron chi connectivity index (χ1n) is 5.34. The van der Waals surface area contributed by atoms with E-state index in [1.165, 1.54) is 0 Å². The number of rotatable bonds is 4. The zero-order chi connectivity index (χ0) is 12.4. The Morgan fingerprint density at radius 2 is 2.06 bits per heavy atom. The monoisotopic (exact) mass is 237 g/mol. The third-order valence-corrected chi connectivity index (χ3v) is 3.13. The van der Waals surface area contributed by atoms with Crippen LogP contribution in [0.2, 0.25) is 0 Å². The van der Waals surface area contributed by atoms with Gasteiger partial charge < -0.3 is 15.9 Å². The van der Waals surface area contributed by atoms with Crippen molar-refractivity contribution in [2.75, 3.05) is 0 Å². The lowest BCUT2D eigenvalue weighted by Crippen LogP contribution is -2.61. The summed E-state index contributed by atoms with van der Waals surface area (Å²) in [7, 11) is 0. The van der Waals surface area contributed by atoms with Crippen molar-refractivity contribution in [3.8, 4) is 0 Å². The minimum Gasteiger partial charge on any atom is -0.481 e. The molecule has 2 atom stereocenters. The summed E-state index contributed by atoms with van der Waals surface area (Å²) in [5.74, 6) is -4.14. The van der Waals surface area contributed by atoms with Crippen LogP contribution in [0.25, 0.3) is 0 Å². The van der Waals surface area contributed by atoms with Crippen molar-refractivity contribution in [2.24, 2.45) is 5.73 Å². The molecular formula is C10H17F2NO3. The summed E-state index contributed by atoms with van der Waals surface area (Å²) in [5, 5.41) is 17.9. The maximum atomic E-state index is 13.2. The predicted octanol–water partition coefficient (Wildman–Crippen LogP) is 1.12. The Morgan fingerprint density at radius 3 is 2.62 bits per heavy atom. The molecule has 0 radical (unpaired) electrons. The van der Waals surface area contributed by atoms with Gasteiger partial charge in [-0.1, -0.05) is 0 Å². The van der Waals surface area contributed by atoms with Gasteiger partial charge >= 0.3 is 5.97 Å². The number of hydrogen-bond acceptors (Lipinski definition) is 3. The molecule has 1 saturated carbocycles. The summed E-state index contributed by atoms with van der Waals surface area (Å²) in [6, 6.07) is 0. The lowest BCUT2D eigenvalue weighted by atomic mass is 9.75. The van der Waals surface area contributed by atoms with E-state index in [1.807, 2.05) is 0 Å². The molecular weight excluding hydrogens is 220 g/mol. The van der Waals surface area contributed by atoms with Crippen molar-refractivity contribution < 1.29 is 23.8 Å². The fourth-order valence-electron chi connectivity index (χ4n) is 2.18. The molecule has 0 spiro atoms. The molecule has 4 nitrogen and oxygen atoms in total. The SMILES string of the molecule is N[C@@]1(CCCC(=O)O)CCCC(F)(F)[C@H]1O. The number of halogens is 2. The van der Waals surface area contributed by atoms with E-state index in [2.05, 4.69) is 0 Å². The molecule has 1 fully saturated rings. The van der Waals surface area contributed by atoms with E-state index < -0.39 is 23.5 Å². The number of aliphatic carboxylic acids is 1. The fraction of sp³-hybridized carbons (Fsp3) is 0.900. The van der Waals surface area contributed by atoms with Crippen molar-refractivity contribution in [1.29, 1.82) is 0 Å². The first-order valence-corrected chi connectivity index (χ1v) is 5.34. The van der Waals surface area contributed by atoms with E-state index in [4.69, 9.17) is 10.8 Å². The zero-order valence-electron chi connectivity index (χ0n) is 8.96. The summed E-state index contributed by atoms with van der Waals surface area (Å²) < 4.78 is 26.5. The molecule has 0 aromatic carbocycles. The first-order chi connectivity index (χ1) is 7.28. The molecule has 0 unspecified atom stereocenters. The zero-order valence-corrected chi connectivity index (χ0v) is 8.96. The molecule has 16 heavy (non-hydrogen) atoms. The average molecular weight is 237 g/mol. The summed E-state index contributed by atoms with van der Waals surface area (Å²) in [5.41, 5.74) is 4.39. The highest BCUT2D eigenvalue weighted by molar-refractivity contribution is 5.66. The third kappa shape index (κ3) is 2.89. The second-order valence-electron chi connectivity index (χ2n) is 4.50. The van der Waals surface area contributed by atoms with Gasteiger partial charge in [-0.3, -0.25) is 4.79 Å². The number of aliphatic hydroxyl groups is 1. The molecule has 1 aliphatic rings. The predicted molar refractivity (Wildman–Crippen MR) is 53.2 cm³/mol. The van der Waals surface area contributed by atoms with E-state index in [-0.39, 0.29) is 32.1 Å². The Bertz CT molecular complexity index is 273. The van der Waals surface area contributed by atoms with Crippen LogP contribution in [-0.2, 0) is 4.79 Å². The molecule has 1 aliphatic carbocycles. The Labute approximate surface area is 92.4 Å². The topological polar surface area (TPSA) is 83.6 Å². The van der Waals surface area contributed by atoms with Gasteiger partial charge in [0, 0.05) is 18.4 Å². The second kappa shape index (κ2) is 4.63. The number of carboxylic acid groups (broad SMARTS) is 1. The Hall–Kier alpha value is -0.750. The Morgan fingerprint density at radius 1 is 1.44 bits per heavy atom. The standard InChI is InChI=1S/C10H17F2NO3/c11-10(12)6-2-5-9(13,8(10)16)4-1-3-7(14)15/h8,16H,1-6,13H2,(H,14,15)/t8-,9-/m0/s1. The molecule has 0 bridgehead atoms. The van der Waals surface area contributed by atoms with Crippen molar-refractivity contribution in [1.82, 2.24) is 0 Å². The van der Waals surface area contributed by atoms with E-state index in [0.717, 1.165) is 0 Å². The number of nitrogens with two attached hydrogens (primary N) is 1. The summed E-state index contributed by atoms with van der Waals surface area (Å²) >= 11 is 0. The van der Waals surface area contributed by atoms with Crippen LogP contribution in [0.5, 0.6) is 0 Å². The fourth-order valence-corrected chi connectivity index (χ4v) is 2.18. The van der Waals surface area contributed by atoms with Gasteiger partial charge in [-0.15, -0.1) is 0 Å². The molecule has 0 heterocycles. The van der Waals surface area contributed by atoms with Crippen LogP contribution in [0.4, 0.5) is 8.78 Å². The van der Waals surface area contributed by atoms with Crippen molar-refractivity contribution in [3.05, 3.63) is 0 Å². The number of carboxylic acids is 1. The lowest BCUT2D eigenvalue weighted by Gasteiger charge is -2.42. The van der Waals surface area contributed by atoms with Crippen LogP contribution in [0.3, 0.4) is 0 Å². The van der Waals surface area contributed by atoms with Crippen molar-refractivity contribution in [2.45, 2.75) is 56.1 Å². The smallest absolute Gasteiger partial charge is 0.303 e. The molecule has 1 rings (SSSR count). The van der Waals surface area contributed by atoms with Gasteiger partial charge in [-0.05, 0) is 25.7 Å². The van der Waals surface area contributed by atoms with Gasteiger partial charge in [0.1, 0.15) is 6.10 Å². The van der Waals surface area contributed by atoms with Crippen LogP contribution in [0, 0.1) is 0 Å². The minimum atomic E-state index is -3.16.